The Morgan fingerprint density at radius 2 is 1.58 bits per heavy atom. The molecule has 3 aromatic carbocycles. The third kappa shape index (κ3) is 2.02. The summed E-state index contributed by atoms with van der Waals surface area (Å²) in [7, 11) is 0. The number of hydrogen-bond donors (Lipinski definition) is 0. The van der Waals surface area contributed by atoms with Crippen LogP contribution in [0, 0.1) is 5.82 Å². The molecule has 92 valence electrons. The SMILES string of the molecule is O=Cc1c(-c2ccc(F)cc2)ccc2ccccc12. The second kappa shape index (κ2) is 4.65. The predicted octanol–water partition coefficient (Wildman–Crippen LogP) is 4.46. The van der Waals surface area contributed by atoms with Crippen molar-refractivity contribution in [3.05, 3.63) is 72.0 Å². The van der Waals surface area contributed by atoms with Crippen molar-refractivity contribution in [3.63, 3.8) is 0 Å². The quantitative estimate of drug-likeness (QED) is 0.614. The Labute approximate surface area is 110 Å². The number of carbonyl (C=O) groups is 1. The van der Waals surface area contributed by atoms with Gasteiger partial charge in [0.15, 0.2) is 6.29 Å². The molecule has 0 aromatic heterocycles. The zero-order chi connectivity index (χ0) is 13.2. The van der Waals surface area contributed by atoms with Gasteiger partial charge in [-0.2, -0.15) is 0 Å². The average molecular weight is 250 g/mol. The van der Waals surface area contributed by atoms with Crippen LogP contribution in [0.2, 0.25) is 0 Å². The third-order valence-corrected chi connectivity index (χ3v) is 3.24. The highest BCUT2D eigenvalue weighted by Crippen LogP contribution is 2.29. The number of hydrogen-bond acceptors (Lipinski definition) is 1. The minimum atomic E-state index is -0.280. The highest BCUT2D eigenvalue weighted by molar-refractivity contribution is 6.04. The second-order valence-corrected chi connectivity index (χ2v) is 4.37. The molecule has 0 N–H and O–H groups in total. The van der Waals surface area contributed by atoms with Crippen LogP contribution in [0.25, 0.3) is 21.9 Å². The van der Waals surface area contributed by atoms with Gasteiger partial charge in [0, 0.05) is 5.56 Å². The Morgan fingerprint density at radius 3 is 2.32 bits per heavy atom. The molecular weight excluding hydrogens is 239 g/mol. The molecule has 0 atom stereocenters. The molecule has 0 saturated heterocycles. The molecule has 0 unspecified atom stereocenters. The first kappa shape index (κ1) is 11.6. The van der Waals surface area contributed by atoms with E-state index >= 15 is 0 Å². The molecule has 3 aromatic rings. The molecule has 19 heavy (non-hydrogen) atoms. The fourth-order valence-corrected chi connectivity index (χ4v) is 2.30. The van der Waals surface area contributed by atoms with Crippen molar-refractivity contribution in [2.24, 2.45) is 0 Å². The predicted molar refractivity (Wildman–Crippen MR) is 74.7 cm³/mol. The van der Waals surface area contributed by atoms with Gasteiger partial charge in [-0.3, -0.25) is 4.79 Å². The first-order chi connectivity index (χ1) is 9.29. The lowest BCUT2D eigenvalue weighted by Gasteiger charge is -2.08. The normalized spacial score (nSPS) is 10.6. The zero-order valence-corrected chi connectivity index (χ0v) is 10.1. The van der Waals surface area contributed by atoms with E-state index in [9.17, 15) is 9.18 Å². The molecule has 0 spiro atoms. The summed E-state index contributed by atoms with van der Waals surface area (Å²) < 4.78 is 13.0. The maximum atomic E-state index is 13.0. The van der Waals surface area contributed by atoms with Crippen molar-refractivity contribution in [3.8, 4) is 11.1 Å². The molecule has 3 rings (SSSR count). The summed E-state index contributed by atoms with van der Waals surface area (Å²) >= 11 is 0. The van der Waals surface area contributed by atoms with Gasteiger partial charge in [-0.15, -0.1) is 0 Å². The van der Waals surface area contributed by atoms with Crippen LogP contribution >= 0.6 is 0 Å². The van der Waals surface area contributed by atoms with E-state index in [2.05, 4.69) is 0 Å². The van der Waals surface area contributed by atoms with Crippen LogP contribution in [-0.4, -0.2) is 6.29 Å². The lowest BCUT2D eigenvalue weighted by atomic mass is 9.95. The lowest BCUT2D eigenvalue weighted by molar-refractivity contribution is 0.112. The van der Waals surface area contributed by atoms with Gasteiger partial charge >= 0.3 is 0 Å². The topological polar surface area (TPSA) is 17.1 Å². The summed E-state index contributed by atoms with van der Waals surface area (Å²) in [6, 6.07) is 17.8. The van der Waals surface area contributed by atoms with Gasteiger partial charge in [-0.1, -0.05) is 48.5 Å². The van der Waals surface area contributed by atoms with E-state index < -0.39 is 0 Å². The summed E-state index contributed by atoms with van der Waals surface area (Å²) in [5.74, 6) is -0.280. The van der Waals surface area contributed by atoms with Crippen molar-refractivity contribution >= 4 is 17.1 Å². The van der Waals surface area contributed by atoms with Crippen LogP contribution in [0.4, 0.5) is 4.39 Å². The molecule has 0 radical (unpaired) electrons. The molecular formula is C17H11FO. The number of rotatable bonds is 2. The number of carbonyl (C=O) groups excluding carboxylic acids is 1. The standard InChI is InChI=1S/C17H11FO/c18-14-8-5-13(6-9-14)16-10-7-12-3-1-2-4-15(12)17(16)11-19/h1-11H. The van der Waals surface area contributed by atoms with E-state index in [0.717, 1.165) is 28.2 Å². The van der Waals surface area contributed by atoms with E-state index in [1.807, 2.05) is 36.4 Å². The molecule has 0 heterocycles. The first-order valence-electron chi connectivity index (χ1n) is 6.02. The summed E-state index contributed by atoms with van der Waals surface area (Å²) in [6.45, 7) is 0. The number of halogens is 1. The van der Waals surface area contributed by atoms with Gasteiger partial charge in [-0.25, -0.2) is 4.39 Å². The first-order valence-corrected chi connectivity index (χ1v) is 6.02. The van der Waals surface area contributed by atoms with Crippen LogP contribution in [0.15, 0.2) is 60.7 Å². The highest BCUT2D eigenvalue weighted by Gasteiger charge is 2.08. The van der Waals surface area contributed by atoms with Crippen molar-refractivity contribution in [1.29, 1.82) is 0 Å². The summed E-state index contributed by atoms with van der Waals surface area (Å²) in [5, 5.41) is 1.94. The van der Waals surface area contributed by atoms with Gasteiger partial charge in [0.25, 0.3) is 0 Å². The molecule has 0 bridgehead atoms. The molecule has 1 nitrogen and oxygen atoms in total. The van der Waals surface area contributed by atoms with Gasteiger partial charge in [-0.05, 0) is 34.0 Å². The number of fused-ring (bicyclic) bond motifs is 1. The van der Waals surface area contributed by atoms with Gasteiger partial charge in [0.1, 0.15) is 5.82 Å². The summed E-state index contributed by atoms with van der Waals surface area (Å²) in [4.78, 5) is 11.4. The minimum absolute atomic E-state index is 0.280. The lowest BCUT2D eigenvalue weighted by Crippen LogP contribution is -1.90. The number of aldehydes is 1. The van der Waals surface area contributed by atoms with Crippen LogP contribution in [-0.2, 0) is 0 Å². The van der Waals surface area contributed by atoms with Crippen molar-refractivity contribution < 1.29 is 9.18 Å². The molecule has 0 saturated carbocycles. The van der Waals surface area contributed by atoms with E-state index in [0.29, 0.717) is 5.56 Å². The Hall–Kier alpha value is -2.48. The maximum absolute atomic E-state index is 13.0. The van der Waals surface area contributed by atoms with E-state index in [1.54, 1.807) is 12.1 Å². The molecule has 0 aliphatic heterocycles. The molecule has 2 heteroatoms. The van der Waals surface area contributed by atoms with E-state index in [-0.39, 0.29) is 5.82 Å². The fourth-order valence-electron chi connectivity index (χ4n) is 2.30. The van der Waals surface area contributed by atoms with Crippen molar-refractivity contribution in [2.75, 3.05) is 0 Å². The number of benzene rings is 3. The Kier molecular flexibility index (Phi) is 2.84. The smallest absolute Gasteiger partial charge is 0.151 e. The molecule has 0 fully saturated rings. The molecule has 0 aliphatic rings. The van der Waals surface area contributed by atoms with E-state index in [4.69, 9.17) is 0 Å². The summed E-state index contributed by atoms with van der Waals surface area (Å²) in [5.41, 5.74) is 2.31. The largest absolute Gasteiger partial charge is 0.298 e. The van der Waals surface area contributed by atoms with Gasteiger partial charge < -0.3 is 0 Å². The monoisotopic (exact) mass is 250 g/mol. The van der Waals surface area contributed by atoms with Crippen molar-refractivity contribution in [1.82, 2.24) is 0 Å². The van der Waals surface area contributed by atoms with Crippen LogP contribution in [0.5, 0.6) is 0 Å². The Morgan fingerprint density at radius 1 is 0.842 bits per heavy atom. The Balaban J connectivity index is 2.29. The Bertz CT molecular complexity index is 745. The zero-order valence-electron chi connectivity index (χ0n) is 10.1. The summed E-state index contributed by atoms with van der Waals surface area (Å²) in [6.07, 6.45) is 0.862. The van der Waals surface area contributed by atoms with Gasteiger partial charge in [0.05, 0.1) is 0 Å². The van der Waals surface area contributed by atoms with Crippen LogP contribution in [0.1, 0.15) is 10.4 Å². The van der Waals surface area contributed by atoms with Crippen LogP contribution in [0.3, 0.4) is 0 Å². The third-order valence-electron chi connectivity index (χ3n) is 3.24. The van der Waals surface area contributed by atoms with Gasteiger partial charge in [0.2, 0.25) is 0 Å². The highest BCUT2D eigenvalue weighted by atomic mass is 19.1. The minimum Gasteiger partial charge on any atom is -0.298 e. The van der Waals surface area contributed by atoms with Crippen LogP contribution < -0.4 is 0 Å². The second-order valence-electron chi connectivity index (χ2n) is 4.37. The molecule has 0 aliphatic carbocycles. The van der Waals surface area contributed by atoms with Crippen molar-refractivity contribution in [2.45, 2.75) is 0 Å². The molecule has 0 amide bonds. The average Bonchev–Trinajstić information content (AvgIpc) is 2.47. The fraction of sp³-hybridized carbons (Fsp3) is 0. The maximum Gasteiger partial charge on any atom is 0.151 e. The van der Waals surface area contributed by atoms with E-state index in [1.165, 1.54) is 12.1 Å².